The van der Waals surface area contributed by atoms with Crippen molar-refractivity contribution in [2.75, 3.05) is 0 Å². The van der Waals surface area contributed by atoms with Crippen molar-refractivity contribution in [2.24, 2.45) is 0 Å². The highest BCUT2D eigenvalue weighted by Gasteiger charge is 2.14. The number of terminal acetylenes is 1. The minimum Gasteiger partial charge on any atom is -0.448 e. The van der Waals surface area contributed by atoms with Crippen LogP contribution < -0.4 is 5.56 Å². The number of rotatable bonds is 5. The maximum atomic E-state index is 12.3. The van der Waals surface area contributed by atoms with Gasteiger partial charge < -0.3 is 8.98 Å². The third-order valence-electron chi connectivity index (χ3n) is 3.50. The van der Waals surface area contributed by atoms with Crippen molar-refractivity contribution < 1.29 is 9.21 Å². The van der Waals surface area contributed by atoms with Crippen molar-refractivity contribution in [3.63, 3.8) is 0 Å². The Labute approximate surface area is 138 Å². The number of carbonyl (C=O) groups excluding carboxylic acids is 1. The summed E-state index contributed by atoms with van der Waals surface area (Å²) >= 11 is 0. The summed E-state index contributed by atoms with van der Waals surface area (Å²) in [5.41, 5.74) is 1.47. The van der Waals surface area contributed by atoms with E-state index in [2.05, 4.69) is 10.9 Å². The molecule has 3 aromatic rings. The molecule has 0 saturated carbocycles. The first-order chi connectivity index (χ1) is 11.7. The normalized spacial score (nSPS) is 10.3. The molecule has 0 saturated heterocycles. The Kier molecular flexibility index (Phi) is 4.39. The van der Waals surface area contributed by atoms with Gasteiger partial charge in [0.1, 0.15) is 12.0 Å². The van der Waals surface area contributed by atoms with Crippen molar-refractivity contribution in [1.29, 1.82) is 0 Å². The highest BCUT2D eigenvalue weighted by Crippen LogP contribution is 2.10. The summed E-state index contributed by atoms with van der Waals surface area (Å²) in [6.07, 6.45) is 8.60. The Balaban J connectivity index is 1.75. The monoisotopic (exact) mass is 318 g/mol. The molecule has 0 unspecified atom stereocenters. The van der Waals surface area contributed by atoms with Gasteiger partial charge in [-0.3, -0.25) is 9.59 Å². The zero-order valence-corrected chi connectivity index (χ0v) is 12.8. The Morgan fingerprint density at radius 1 is 1.21 bits per heavy atom. The van der Waals surface area contributed by atoms with Gasteiger partial charge in [-0.2, -0.15) is 0 Å². The van der Waals surface area contributed by atoms with E-state index in [1.807, 2.05) is 30.3 Å². The van der Waals surface area contributed by atoms with Gasteiger partial charge >= 0.3 is 0 Å². The summed E-state index contributed by atoms with van der Waals surface area (Å²) < 4.78 is 6.62. The van der Waals surface area contributed by atoms with Gasteiger partial charge in [0.15, 0.2) is 5.89 Å². The zero-order chi connectivity index (χ0) is 16.9. The van der Waals surface area contributed by atoms with Crippen LogP contribution in [0.25, 0.3) is 0 Å². The molecule has 2 heterocycles. The number of benzene rings is 1. The van der Waals surface area contributed by atoms with Crippen LogP contribution in [-0.2, 0) is 13.0 Å². The van der Waals surface area contributed by atoms with E-state index >= 15 is 0 Å². The van der Waals surface area contributed by atoms with E-state index in [1.54, 1.807) is 0 Å². The van der Waals surface area contributed by atoms with Crippen molar-refractivity contribution in [3.8, 4) is 12.3 Å². The number of aromatic nitrogens is 2. The molecule has 0 fully saturated rings. The van der Waals surface area contributed by atoms with E-state index in [9.17, 15) is 9.59 Å². The average molecular weight is 318 g/mol. The predicted molar refractivity (Wildman–Crippen MR) is 88.7 cm³/mol. The van der Waals surface area contributed by atoms with Crippen LogP contribution in [0, 0.1) is 12.3 Å². The van der Waals surface area contributed by atoms with Crippen LogP contribution in [0.3, 0.4) is 0 Å². The van der Waals surface area contributed by atoms with Crippen LogP contribution >= 0.6 is 0 Å². The molecule has 0 aliphatic heterocycles. The first-order valence-corrected chi connectivity index (χ1v) is 7.34. The van der Waals surface area contributed by atoms with Crippen LogP contribution in [0.5, 0.6) is 0 Å². The molecule has 1 aromatic carbocycles. The molecule has 0 radical (unpaired) electrons. The summed E-state index contributed by atoms with van der Waals surface area (Å²) in [6.45, 7) is -0.133. The van der Waals surface area contributed by atoms with Gasteiger partial charge in [-0.15, -0.1) is 6.42 Å². The van der Waals surface area contributed by atoms with Gasteiger partial charge in [-0.25, -0.2) is 4.98 Å². The zero-order valence-electron chi connectivity index (χ0n) is 12.8. The van der Waals surface area contributed by atoms with Crippen molar-refractivity contribution in [3.05, 3.63) is 88.0 Å². The SMILES string of the molecule is C#Cc1ccc(=O)n(CC(=O)c2coc(Cc3ccccc3)n2)c1. The number of pyridine rings is 1. The fourth-order valence-electron chi connectivity index (χ4n) is 2.27. The predicted octanol–water partition coefficient (Wildman–Crippen LogP) is 2.29. The molecule has 0 atom stereocenters. The number of hydrogen-bond donors (Lipinski definition) is 0. The Morgan fingerprint density at radius 2 is 2.00 bits per heavy atom. The smallest absolute Gasteiger partial charge is 0.251 e. The molecule has 0 amide bonds. The summed E-state index contributed by atoms with van der Waals surface area (Å²) in [6, 6.07) is 12.6. The van der Waals surface area contributed by atoms with Crippen molar-refractivity contribution in [2.45, 2.75) is 13.0 Å². The molecule has 118 valence electrons. The fourth-order valence-corrected chi connectivity index (χ4v) is 2.27. The molecule has 0 aliphatic carbocycles. The number of nitrogens with zero attached hydrogens (tertiary/aromatic N) is 2. The highest BCUT2D eigenvalue weighted by molar-refractivity contribution is 5.93. The van der Waals surface area contributed by atoms with E-state index in [0.29, 0.717) is 17.9 Å². The Bertz CT molecular complexity index is 962. The fraction of sp³-hybridized carbons (Fsp3) is 0.105. The molecular formula is C19H14N2O3. The Hall–Kier alpha value is -3.39. The van der Waals surface area contributed by atoms with Gasteiger partial charge in [-0.1, -0.05) is 36.3 Å². The number of hydrogen-bond acceptors (Lipinski definition) is 4. The molecule has 0 bridgehead atoms. The number of carbonyl (C=O) groups is 1. The lowest BCUT2D eigenvalue weighted by molar-refractivity contribution is 0.0966. The van der Waals surface area contributed by atoms with Gasteiger partial charge in [0.2, 0.25) is 5.78 Å². The van der Waals surface area contributed by atoms with Crippen LogP contribution in [0.2, 0.25) is 0 Å². The summed E-state index contributed by atoms with van der Waals surface area (Å²) in [7, 11) is 0. The largest absolute Gasteiger partial charge is 0.448 e. The molecular weight excluding hydrogens is 304 g/mol. The number of ketones is 1. The third-order valence-corrected chi connectivity index (χ3v) is 3.50. The quantitative estimate of drug-likeness (QED) is 0.535. The van der Waals surface area contributed by atoms with Crippen LogP contribution in [0.1, 0.15) is 27.5 Å². The number of oxazole rings is 1. The first kappa shape index (κ1) is 15.5. The molecule has 5 heteroatoms. The van der Waals surface area contributed by atoms with E-state index in [0.717, 1.165) is 5.56 Å². The minimum atomic E-state index is -0.311. The lowest BCUT2D eigenvalue weighted by atomic mass is 10.1. The minimum absolute atomic E-state index is 0.133. The molecule has 5 nitrogen and oxygen atoms in total. The lowest BCUT2D eigenvalue weighted by Gasteiger charge is -2.03. The second kappa shape index (κ2) is 6.80. The van der Waals surface area contributed by atoms with Crippen molar-refractivity contribution in [1.82, 2.24) is 9.55 Å². The molecule has 2 aromatic heterocycles. The second-order valence-electron chi connectivity index (χ2n) is 5.24. The van der Waals surface area contributed by atoms with Crippen molar-refractivity contribution >= 4 is 5.78 Å². The molecule has 0 N–H and O–H groups in total. The number of Topliss-reactive ketones (excluding diaryl/α,β-unsaturated/α-hetero) is 1. The van der Waals surface area contributed by atoms with Crippen LogP contribution in [-0.4, -0.2) is 15.3 Å². The van der Waals surface area contributed by atoms with Gasteiger partial charge in [0.25, 0.3) is 5.56 Å². The maximum absolute atomic E-state index is 12.3. The lowest BCUT2D eigenvalue weighted by Crippen LogP contribution is -2.23. The Morgan fingerprint density at radius 3 is 2.75 bits per heavy atom. The van der Waals surface area contributed by atoms with E-state index in [-0.39, 0.29) is 23.6 Å². The van der Waals surface area contributed by atoms with E-state index < -0.39 is 0 Å². The second-order valence-corrected chi connectivity index (χ2v) is 5.24. The summed E-state index contributed by atoms with van der Waals surface area (Å²) in [5.74, 6) is 2.58. The molecule has 0 aliphatic rings. The van der Waals surface area contributed by atoms with Gasteiger partial charge in [0.05, 0.1) is 6.54 Å². The summed E-state index contributed by atoms with van der Waals surface area (Å²) in [5, 5.41) is 0. The van der Waals surface area contributed by atoms with Crippen LogP contribution in [0.4, 0.5) is 0 Å². The third kappa shape index (κ3) is 3.50. The molecule has 3 rings (SSSR count). The molecule has 24 heavy (non-hydrogen) atoms. The van der Waals surface area contributed by atoms with Crippen LogP contribution in [0.15, 0.2) is 64.1 Å². The van der Waals surface area contributed by atoms with Gasteiger partial charge in [-0.05, 0) is 11.6 Å². The van der Waals surface area contributed by atoms with Gasteiger partial charge in [0, 0.05) is 24.2 Å². The highest BCUT2D eigenvalue weighted by atomic mass is 16.3. The topological polar surface area (TPSA) is 65.1 Å². The van der Waals surface area contributed by atoms with E-state index in [1.165, 1.54) is 29.2 Å². The first-order valence-electron chi connectivity index (χ1n) is 7.34. The average Bonchev–Trinajstić information content (AvgIpc) is 3.06. The maximum Gasteiger partial charge on any atom is 0.251 e. The standard InChI is InChI=1S/C19H14N2O3/c1-2-14-8-9-19(23)21(11-14)12-17(22)16-13-24-18(20-16)10-15-6-4-3-5-7-15/h1,3-9,11,13H,10,12H2. The summed E-state index contributed by atoms with van der Waals surface area (Å²) in [4.78, 5) is 28.3. The van der Waals surface area contributed by atoms with E-state index in [4.69, 9.17) is 10.8 Å². The molecule has 0 spiro atoms.